The van der Waals surface area contributed by atoms with Gasteiger partial charge in [-0.1, -0.05) is 18.2 Å². The fourth-order valence-electron chi connectivity index (χ4n) is 3.03. The number of H-pyrrole nitrogens is 1. The molecule has 0 radical (unpaired) electrons. The number of amides is 1. The highest BCUT2D eigenvalue weighted by Crippen LogP contribution is 2.26. The maximum Gasteiger partial charge on any atom is 0.253 e. The topological polar surface area (TPSA) is 67.0 Å². The Bertz CT molecular complexity index is 1010. The Kier molecular flexibility index (Phi) is 4.68. The number of ether oxygens (including phenoxy) is 1. The highest BCUT2D eigenvalue weighted by molar-refractivity contribution is 5.98. The van der Waals surface area contributed by atoms with E-state index in [4.69, 9.17) is 4.74 Å². The normalized spacial score (nSPS) is 17.0. The average Bonchev–Trinajstić information content (AvgIpc) is 3.32. The first-order valence-electron chi connectivity index (χ1n) is 8.64. The molecular weight excluding hydrogens is 352 g/mol. The van der Waals surface area contributed by atoms with E-state index in [2.05, 4.69) is 15.5 Å². The van der Waals surface area contributed by atoms with Gasteiger partial charge in [-0.3, -0.25) is 9.89 Å². The lowest BCUT2D eigenvalue weighted by Crippen LogP contribution is -2.27. The minimum absolute atomic E-state index is 0.0841. The Balaban J connectivity index is 1.61. The van der Waals surface area contributed by atoms with E-state index in [1.54, 1.807) is 30.4 Å². The summed E-state index contributed by atoms with van der Waals surface area (Å²) >= 11 is 0. The van der Waals surface area contributed by atoms with Gasteiger partial charge in [-0.2, -0.15) is 5.10 Å². The number of rotatable bonds is 4. The quantitative estimate of drug-likeness (QED) is 0.727. The molecule has 1 fully saturated rings. The van der Waals surface area contributed by atoms with Crippen molar-refractivity contribution in [2.24, 2.45) is 0 Å². The highest BCUT2D eigenvalue weighted by Gasteiger charge is 2.24. The van der Waals surface area contributed by atoms with Crippen LogP contribution in [0.1, 0.15) is 24.1 Å². The third-order valence-electron chi connectivity index (χ3n) is 4.46. The van der Waals surface area contributed by atoms with Gasteiger partial charge in [-0.05, 0) is 42.7 Å². The highest BCUT2D eigenvalue weighted by atomic mass is 19.1. The zero-order valence-corrected chi connectivity index (χ0v) is 14.3. The molecule has 1 unspecified atom stereocenters. The summed E-state index contributed by atoms with van der Waals surface area (Å²) in [6.07, 6.45) is 4.44. The fraction of sp³-hybridized carbons (Fsp3) is 0.200. The standard InChI is InChI=1S/C20H17F2N3O2/c21-13-6-3-12(4-7-13)5-8-16-14-10-18(15(22)11-17(14)25-24-16)23-20(26)19-2-1-9-27-19/h3-8,10-11,19H,1-2,9H2,(H,23,26)(H,24,25)/b8-5+. The first kappa shape index (κ1) is 17.4. The number of benzene rings is 2. The van der Waals surface area contributed by atoms with Gasteiger partial charge in [0.15, 0.2) is 0 Å². The van der Waals surface area contributed by atoms with Crippen LogP contribution in [0, 0.1) is 11.6 Å². The molecule has 0 spiro atoms. The van der Waals surface area contributed by atoms with Crippen LogP contribution in [0.3, 0.4) is 0 Å². The van der Waals surface area contributed by atoms with Crippen LogP contribution < -0.4 is 5.32 Å². The molecular formula is C20H17F2N3O2. The number of nitrogens with zero attached hydrogens (tertiary/aromatic N) is 1. The van der Waals surface area contributed by atoms with Crippen LogP contribution in [0.4, 0.5) is 14.5 Å². The van der Waals surface area contributed by atoms with Gasteiger partial charge in [0.25, 0.3) is 5.91 Å². The number of hydrogen-bond acceptors (Lipinski definition) is 3. The Morgan fingerprint density at radius 3 is 2.78 bits per heavy atom. The van der Waals surface area contributed by atoms with Gasteiger partial charge in [-0.15, -0.1) is 0 Å². The third kappa shape index (κ3) is 3.73. The lowest BCUT2D eigenvalue weighted by Gasteiger charge is -2.11. The van der Waals surface area contributed by atoms with Crippen LogP contribution in [0.25, 0.3) is 23.1 Å². The summed E-state index contributed by atoms with van der Waals surface area (Å²) in [5, 5.41) is 10.2. The predicted molar refractivity (Wildman–Crippen MR) is 99.0 cm³/mol. The van der Waals surface area contributed by atoms with Crippen LogP contribution in [-0.2, 0) is 9.53 Å². The van der Waals surface area contributed by atoms with Gasteiger partial charge in [0.05, 0.1) is 16.9 Å². The maximum absolute atomic E-state index is 14.3. The van der Waals surface area contributed by atoms with E-state index in [9.17, 15) is 13.6 Å². The van der Waals surface area contributed by atoms with E-state index in [1.807, 2.05) is 0 Å². The number of anilines is 1. The minimum Gasteiger partial charge on any atom is -0.368 e. The van der Waals surface area contributed by atoms with E-state index >= 15 is 0 Å². The van der Waals surface area contributed by atoms with E-state index < -0.39 is 11.9 Å². The molecule has 0 bridgehead atoms. The molecule has 1 amide bonds. The van der Waals surface area contributed by atoms with Gasteiger partial charge < -0.3 is 10.1 Å². The van der Waals surface area contributed by atoms with Crippen molar-refractivity contribution in [3.63, 3.8) is 0 Å². The molecule has 5 nitrogen and oxygen atoms in total. The van der Waals surface area contributed by atoms with Crippen molar-refractivity contribution in [2.75, 3.05) is 11.9 Å². The van der Waals surface area contributed by atoms with Crippen molar-refractivity contribution in [3.8, 4) is 0 Å². The lowest BCUT2D eigenvalue weighted by molar-refractivity contribution is -0.124. The van der Waals surface area contributed by atoms with E-state index in [0.717, 1.165) is 12.0 Å². The molecule has 2 aromatic carbocycles. The molecule has 1 saturated heterocycles. The van der Waals surface area contributed by atoms with Crippen molar-refractivity contribution in [1.29, 1.82) is 0 Å². The molecule has 0 aliphatic carbocycles. The Morgan fingerprint density at radius 1 is 1.22 bits per heavy atom. The van der Waals surface area contributed by atoms with Gasteiger partial charge in [0, 0.05) is 18.1 Å². The molecule has 2 N–H and O–H groups in total. The van der Waals surface area contributed by atoms with Crippen molar-refractivity contribution >= 4 is 34.6 Å². The van der Waals surface area contributed by atoms with Crippen LogP contribution in [0.2, 0.25) is 0 Å². The molecule has 27 heavy (non-hydrogen) atoms. The monoisotopic (exact) mass is 369 g/mol. The molecule has 0 saturated carbocycles. The third-order valence-corrected chi connectivity index (χ3v) is 4.46. The van der Waals surface area contributed by atoms with Crippen molar-refractivity contribution in [3.05, 3.63) is 59.3 Å². The van der Waals surface area contributed by atoms with Gasteiger partial charge in [-0.25, -0.2) is 8.78 Å². The van der Waals surface area contributed by atoms with Crippen molar-refractivity contribution in [2.45, 2.75) is 18.9 Å². The molecule has 1 atom stereocenters. The number of hydrogen-bond donors (Lipinski definition) is 2. The SMILES string of the molecule is O=C(Nc1cc2c(/C=C/c3ccc(F)cc3)n[nH]c2cc1F)C1CCCO1. The number of fused-ring (bicyclic) bond motifs is 1. The number of nitrogens with one attached hydrogen (secondary N) is 2. The maximum atomic E-state index is 14.3. The molecule has 138 valence electrons. The summed E-state index contributed by atoms with van der Waals surface area (Å²) in [4.78, 5) is 12.2. The zero-order chi connectivity index (χ0) is 18.8. The molecule has 1 aromatic heterocycles. The number of carbonyl (C=O) groups is 1. The number of carbonyl (C=O) groups excluding carboxylic acids is 1. The number of aromatic nitrogens is 2. The fourth-order valence-corrected chi connectivity index (χ4v) is 3.03. The minimum atomic E-state index is -0.549. The number of aromatic amines is 1. The van der Waals surface area contributed by atoms with E-state index in [1.165, 1.54) is 18.2 Å². The molecule has 2 heterocycles. The second-order valence-electron chi connectivity index (χ2n) is 6.36. The summed E-state index contributed by atoms with van der Waals surface area (Å²) in [6, 6.07) is 8.88. The molecule has 1 aliphatic heterocycles. The summed E-state index contributed by atoms with van der Waals surface area (Å²) < 4.78 is 32.6. The zero-order valence-electron chi connectivity index (χ0n) is 14.3. The Morgan fingerprint density at radius 2 is 2.04 bits per heavy atom. The van der Waals surface area contributed by atoms with Gasteiger partial charge in [0.1, 0.15) is 17.7 Å². The van der Waals surface area contributed by atoms with Crippen molar-refractivity contribution < 1.29 is 18.3 Å². The van der Waals surface area contributed by atoms with Crippen LogP contribution >= 0.6 is 0 Å². The van der Waals surface area contributed by atoms with Crippen LogP contribution in [0.15, 0.2) is 36.4 Å². The molecule has 3 aromatic rings. The van der Waals surface area contributed by atoms with Crippen LogP contribution in [-0.4, -0.2) is 28.8 Å². The predicted octanol–water partition coefficient (Wildman–Crippen LogP) is 4.13. The smallest absolute Gasteiger partial charge is 0.253 e. The molecule has 7 heteroatoms. The first-order valence-corrected chi connectivity index (χ1v) is 8.64. The Labute approximate surface area is 154 Å². The summed E-state index contributed by atoms with van der Waals surface area (Å²) in [5.74, 6) is -1.20. The second-order valence-corrected chi connectivity index (χ2v) is 6.36. The van der Waals surface area contributed by atoms with Gasteiger partial charge >= 0.3 is 0 Å². The molecule has 4 rings (SSSR count). The summed E-state index contributed by atoms with van der Waals surface area (Å²) in [5.41, 5.74) is 1.99. The Hall–Kier alpha value is -3.06. The summed E-state index contributed by atoms with van der Waals surface area (Å²) in [7, 11) is 0. The van der Waals surface area contributed by atoms with Crippen molar-refractivity contribution in [1.82, 2.24) is 10.2 Å². The van der Waals surface area contributed by atoms with Gasteiger partial charge in [0.2, 0.25) is 0 Å². The first-order chi connectivity index (χ1) is 13.1. The van der Waals surface area contributed by atoms with E-state index in [-0.39, 0.29) is 17.4 Å². The largest absolute Gasteiger partial charge is 0.368 e. The van der Waals surface area contributed by atoms with E-state index in [0.29, 0.717) is 29.6 Å². The number of halogens is 2. The second kappa shape index (κ2) is 7.28. The summed E-state index contributed by atoms with van der Waals surface area (Å²) in [6.45, 7) is 0.541. The average molecular weight is 369 g/mol. The van der Waals surface area contributed by atoms with Crippen LogP contribution in [0.5, 0.6) is 0 Å². The molecule has 1 aliphatic rings. The lowest BCUT2D eigenvalue weighted by atomic mass is 10.1.